The van der Waals surface area contributed by atoms with Crippen LogP contribution in [0.4, 0.5) is 0 Å². The number of benzene rings is 1. The van der Waals surface area contributed by atoms with Crippen LogP contribution in [0.25, 0.3) is 0 Å². The predicted molar refractivity (Wildman–Crippen MR) is 60.9 cm³/mol. The lowest BCUT2D eigenvalue weighted by molar-refractivity contribution is 0.0674. The number of aromatic hydroxyl groups is 2. The maximum atomic E-state index is 12.1. The number of phenolic OH excluding ortho intramolecular Hbond substituents is 2. The second-order valence-corrected chi connectivity index (χ2v) is 4.18. The fourth-order valence-corrected chi connectivity index (χ4v) is 2.14. The molecule has 3 N–H and O–H groups in total. The Kier molecular flexibility index (Phi) is 3.19. The van der Waals surface area contributed by atoms with Crippen molar-refractivity contribution in [2.75, 3.05) is 13.2 Å². The molecule has 2 rings (SSSR count). The zero-order chi connectivity index (χ0) is 12.4. The van der Waals surface area contributed by atoms with Crippen LogP contribution in [0.5, 0.6) is 11.5 Å². The van der Waals surface area contributed by atoms with Gasteiger partial charge in [0.25, 0.3) is 5.91 Å². The van der Waals surface area contributed by atoms with Crippen molar-refractivity contribution in [2.24, 2.45) is 0 Å². The molecular weight excluding hydrogens is 222 g/mol. The Morgan fingerprint density at radius 3 is 2.88 bits per heavy atom. The van der Waals surface area contributed by atoms with Crippen LogP contribution in [0.2, 0.25) is 0 Å². The molecule has 0 saturated carbocycles. The van der Waals surface area contributed by atoms with E-state index in [0.717, 1.165) is 12.8 Å². The summed E-state index contributed by atoms with van der Waals surface area (Å²) in [6.45, 7) is 0.491. The second kappa shape index (κ2) is 4.63. The summed E-state index contributed by atoms with van der Waals surface area (Å²) in [5, 5.41) is 28.1. The number of likely N-dealkylation sites (tertiary alicyclic amines) is 1. The van der Waals surface area contributed by atoms with Crippen molar-refractivity contribution in [1.29, 1.82) is 0 Å². The molecule has 1 heterocycles. The number of rotatable bonds is 2. The molecule has 1 atom stereocenters. The zero-order valence-corrected chi connectivity index (χ0v) is 9.33. The van der Waals surface area contributed by atoms with E-state index in [9.17, 15) is 15.0 Å². The van der Waals surface area contributed by atoms with Crippen LogP contribution in [0.3, 0.4) is 0 Å². The molecule has 1 amide bonds. The number of hydrogen-bond donors (Lipinski definition) is 3. The maximum Gasteiger partial charge on any atom is 0.258 e. The first-order chi connectivity index (χ1) is 8.13. The van der Waals surface area contributed by atoms with Gasteiger partial charge >= 0.3 is 0 Å². The molecule has 0 radical (unpaired) electrons. The van der Waals surface area contributed by atoms with Crippen molar-refractivity contribution in [2.45, 2.75) is 18.9 Å². The lowest BCUT2D eigenvalue weighted by Crippen LogP contribution is -2.37. The first kappa shape index (κ1) is 11.7. The van der Waals surface area contributed by atoms with Crippen LogP contribution in [-0.4, -0.2) is 45.3 Å². The van der Waals surface area contributed by atoms with Gasteiger partial charge in [0.05, 0.1) is 18.2 Å². The van der Waals surface area contributed by atoms with Crippen molar-refractivity contribution in [3.05, 3.63) is 23.8 Å². The summed E-state index contributed by atoms with van der Waals surface area (Å²) in [5.41, 5.74) is 0.0744. The predicted octanol–water partition coefficient (Wildman–Crippen LogP) is 0.695. The third kappa shape index (κ3) is 2.19. The number of hydrogen-bond acceptors (Lipinski definition) is 4. The molecular formula is C12H15NO4. The molecule has 92 valence electrons. The van der Waals surface area contributed by atoms with E-state index >= 15 is 0 Å². The van der Waals surface area contributed by atoms with Crippen LogP contribution in [-0.2, 0) is 0 Å². The molecule has 5 nitrogen and oxygen atoms in total. The number of aliphatic hydroxyl groups excluding tert-OH is 1. The summed E-state index contributed by atoms with van der Waals surface area (Å²) in [6.07, 6.45) is 1.61. The van der Waals surface area contributed by atoms with Gasteiger partial charge in [-0.3, -0.25) is 4.79 Å². The minimum absolute atomic E-state index is 0.0640. The van der Waals surface area contributed by atoms with Crippen molar-refractivity contribution in [1.82, 2.24) is 4.90 Å². The number of aliphatic hydroxyl groups is 1. The van der Waals surface area contributed by atoms with Crippen molar-refractivity contribution >= 4 is 5.91 Å². The molecule has 0 bridgehead atoms. The first-order valence-corrected chi connectivity index (χ1v) is 5.57. The van der Waals surface area contributed by atoms with Crippen LogP contribution < -0.4 is 0 Å². The number of carbonyl (C=O) groups excluding carboxylic acids is 1. The minimum Gasteiger partial charge on any atom is -0.508 e. The van der Waals surface area contributed by atoms with Crippen molar-refractivity contribution < 1.29 is 20.1 Å². The zero-order valence-electron chi connectivity index (χ0n) is 9.33. The molecule has 1 saturated heterocycles. The van der Waals surface area contributed by atoms with Gasteiger partial charge < -0.3 is 20.2 Å². The normalized spacial score (nSPS) is 19.6. The Balaban J connectivity index is 2.27. The van der Waals surface area contributed by atoms with Crippen LogP contribution in [0.15, 0.2) is 18.2 Å². The summed E-state index contributed by atoms with van der Waals surface area (Å²) < 4.78 is 0. The Morgan fingerprint density at radius 2 is 2.18 bits per heavy atom. The van der Waals surface area contributed by atoms with E-state index in [4.69, 9.17) is 5.11 Å². The third-order valence-electron chi connectivity index (χ3n) is 3.06. The summed E-state index contributed by atoms with van der Waals surface area (Å²) in [4.78, 5) is 13.7. The highest BCUT2D eigenvalue weighted by atomic mass is 16.3. The summed E-state index contributed by atoms with van der Waals surface area (Å²) >= 11 is 0. The Bertz CT molecular complexity index is 433. The van der Waals surface area contributed by atoms with Gasteiger partial charge in [-0.15, -0.1) is 0 Å². The topological polar surface area (TPSA) is 81.0 Å². The summed E-state index contributed by atoms with van der Waals surface area (Å²) in [7, 11) is 0. The van der Waals surface area contributed by atoms with Gasteiger partial charge in [0.2, 0.25) is 0 Å². The number of nitrogens with zero attached hydrogens (tertiary/aromatic N) is 1. The quantitative estimate of drug-likeness (QED) is 0.661. The Hall–Kier alpha value is -1.75. The van der Waals surface area contributed by atoms with Crippen molar-refractivity contribution in [3.63, 3.8) is 0 Å². The highest BCUT2D eigenvalue weighted by molar-refractivity contribution is 5.97. The van der Waals surface area contributed by atoms with Crippen LogP contribution >= 0.6 is 0 Å². The maximum absolute atomic E-state index is 12.1. The standard InChI is InChI=1S/C12H15NO4/c14-7-8-2-1-5-13(8)12(17)10-6-9(15)3-4-11(10)16/h3-4,6,8,14-16H,1-2,5,7H2/t8-/m0/s1. The van der Waals surface area contributed by atoms with Gasteiger partial charge in [-0.05, 0) is 31.0 Å². The Morgan fingerprint density at radius 1 is 1.41 bits per heavy atom. The summed E-state index contributed by atoms with van der Waals surface area (Å²) in [6, 6.07) is 3.65. The van der Waals surface area contributed by atoms with Crippen LogP contribution in [0, 0.1) is 0 Å². The molecule has 0 unspecified atom stereocenters. The number of phenols is 2. The van der Waals surface area contributed by atoms with E-state index in [-0.39, 0.29) is 35.6 Å². The minimum atomic E-state index is -0.352. The highest BCUT2D eigenvalue weighted by Gasteiger charge is 2.30. The number of carbonyl (C=O) groups is 1. The lowest BCUT2D eigenvalue weighted by Gasteiger charge is -2.23. The van der Waals surface area contributed by atoms with Gasteiger partial charge in [0.15, 0.2) is 0 Å². The summed E-state index contributed by atoms with van der Waals surface area (Å²) in [5.74, 6) is -0.572. The molecule has 1 aliphatic rings. The third-order valence-corrected chi connectivity index (χ3v) is 3.06. The molecule has 0 spiro atoms. The molecule has 1 fully saturated rings. The van der Waals surface area contributed by atoms with Gasteiger partial charge in [-0.25, -0.2) is 0 Å². The average molecular weight is 237 g/mol. The fourth-order valence-electron chi connectivity index (χ4n) is 2.14. The monoisotopic (exact) mass is 237 g/mol. The molecule has 1 aromatic rings. The smallest absolute Gasteiger partial charge is 0.258 e. The van der Waals surface area contributed by atoms with Crippen LogP contribution in [0.1, 0.15) is 23.2 Å². The Labute approximate surface area is 98.9 Å². The van der Waals surface area contributed by atoms with E-state index in [0.29, 0.717) is 6.54 Å². The van der Waals surface area contributed by atoms with E-state index in [2.05, 4.69) is 0 Å². The van der Waals surface area contributed by atoms with E-state index in [1.165, 1.54) is 23.1 Å². The molecule has 17 heavy (non-hydrogen) atoms. The largest absolute Gasteiger partial charge is 0.508 e. The van der Waals surface area contributed by atoms with Gasteiger partial charge in [0, 0.05) is 6.54 Å². The highest BCUT2D eigenvalue weighted by Crippen LogP contribution is 2.26. The van der Waals surface area contributed by atoms with Gasteiger partial charge in [-0.1, -0.05) is 0 Å². The van der Waals surface area contributed by atoms with Gasteiger partial charge in [0.1, 0.15) is 11.5 Å². The van der Waals surface area contributed by atoms with E-state index in [1.54, 1.807) is 0 Å². The molecule has 0 aromatic heterocycles. The average Bonchev–Trinajstić information content (AvgIpc) is 2.79. The SMILES string of the molecule is O=C(c1cc(O)ccc1O)N1CCC[C@H]1CO. The molecule has 5 heteroatoms. The lowest BCUT2D eigenvalue weighted by atomic mass is 10.1. The van der Waals surface area contributed by atoms with E-state index < -0.39 is 0 Å². The first-order valence-electron chi connectivity index (χ1n) is 5.57. The second-order valence-electron chi connectivity index (χ2n) is 4.18. The molecule has 0 aliphatic carbocycles. The molecule has 1 aromatic carbocycles. The van der Waals surface area contributed by atoms with Crippen molar-refractivity contribution in [3.8, 4) is 11.5 Å². The molecule has 1 aliphatic heterocycles. The van der Waals surface area contributed by atoms with Gasteiger partial charge in [-0.2, -0.15) is 0 Å². The number of amides is 1. The fraction of sp³-hybridized carbons (Fsp3) is 0.417. The van der Waals surface area contributed by atoms with E-state index in [1.807, 2.05) is 0 Å².